The number of anilines is 1. The molecular weight excluding hydrogens is 352 g/mol. The first-order chi connectivity index (χ1) is 12.7. The van der Waals surface area contributed by atoms with Crippen LogP contribution >= 0.6 is 11.8 Å². The van der Waals surface area contributed by atoms with E-state index in [0.717, 1.165) is 17.9 Å². The highest BCUT2D eigenvalue weighted by Gasteiger charge is 2.17. The number of nitrogens with zero attached hydrogens (tertiary/aromatic N) is 3. The second-order valence-corrected chi connectivity index (χ2v) is 6.73. The number of hydrogen-bond donors (Lipinski definition) is 1. The molecule has 1 aromatic carbocycles. The number of furan rings is 1. The summed E-state index contributed by atoms with van der Waals surface area (Å²) in [6, 6.07) is 9.42. The first kappa shape index (κ1) is 16.7. The highest BCUT2D eigenvalue weighted by Crippen LogP contribution is 2.29. The number of hydrogen-bond acceptors (Lipinski definition) is 6. The van der Waals surface area contributed by atoms with Crippen molar-refractivity contribution < 1.29 is 13.9 Å². The largest absolute Gasteiger partial charge is 0.493 e. The van der Waals surface area contributed by atoms with Crippen LogP contribution in [0.2, 0.25) is 0 Å². The molecule has 0 spiro atoms. The smallest absolute Gasteiger partial charge is 0.234 e. The Labute approximate surface area is 154 Å². The van der Waals surface area contributed by atoms with Crippen molar-refractivity contribution in [3.05, 3.63) is 42.2 Å². The van der Waals surface area contributed by atoms with Gasteiger partial charge in [-0.2, -0.15) is 0 Å². The molecule has 0 aliphatic carbocycles. The predicted molar refractivity (Wildman–Crippen MR) is 98.4 cm³/mol. The Morgan fingerprint density at radius 2 is 2.27 bits per heavy atom. The number of fused-ring (bicyclic) bond motifs is 1. The van der Waals surface area contributed by atoms with Crippen molar-refractivity contribution in [2.75, 3.05) is 17.7 Å². The average Bonchev–Trinajstić information content (AvgIpc) is 3.38. The predicted octanol–water partition coefficient (Wildman–Crippen LogP) is 3.22. The van der Waals surface area contributed by atoms with Gasteiger partial charge in [0.05, 0.1) is 18.6 Å². The number of nitrogens with one attached hydrogen (secondary N) is 1. The molecule has 7 nitrogen and oxygen atoms in total. The van der Waals surface area contributed by atoms with Crippen LogP contribution in [0.1, 0.15) is 12.5 Å². The minimum atomic E-state index is -0.0989. The van der Waals surface area contributed by atoms with Gasteiger partial charge < -0.3 is 14.5 Å². The van der Waals surface area contributed by atoms with E-state index in [1.807, 2.05) is 41.8 Å². The summed E-state index contributed by atoms with van der Waals surface area (Å²) < 4.78 is 12.9. The van der Waals surface area contributed by atoms with Crippen LogP contribution in [-0.2, 0) is 17.8 Å². The third-order valence-corrected chi connectivity index (χ3v) is 5.05. The SMILES string of the molecule is CCn1c(SCC(=O)Nc2ccc3c(c2)OCC3)nnc1-c1ccco1. The van der Waals surface area contributed by atoms with Crippen molar-refractivity contribution >= 4 is 23.4 Å². The molecule has 3 heterocycles. The quantitative estimate of drug-likeness (QED) is 0.671. The van der Waals surface area contributed by atoms with Gasteiger partial charge in [0.15, 0.2) is 16.7 Å². The molecule has 2 aromatic heterocycles. The second-order valence-electron chi connectivity index (χ2n) is 5.79. The molecule has 1 amide bonds. The Bertz CT molecular complexity index is 921. The van der Waals surface area contributed by atoms with Gasteiger partial charge in [0.1, 0.15) is 5.75 Å². The lowest BCUT2D eigenvalue weighted by Crippen LogP contribution is -2.14. The lowest BCUT2D eigenvalue weighted by atomic mass is 10.1. The van der Waals surface area contributed by atoms with Crippen LogP contribution in [0.5, 0.6) is 5.75 Å². The normalized spacial score (nSPS) is 12.7. The van der Waals surface area contributed by atoms with Crippen LogP contribution in [0.4, 0.5) is 5.69 Å². The van der Waals surface area contributed by atoms with E-state index in [1.165, 1.54) is 17.3 Å². The van der Waals surface area contributed by atoms with Crippen LogP contribution in [0.25, 0.3) is 11.6 Å². The number of ether oxygens (including phenoxy) is 1. The molecule has 0 radical (unpaired) electrons. The van der Waals surface area contributed by atoms with Crippen molar-refractivity contribution in [2.45, 2.75) is 25.0 Å². The van der Waals surface area contributed by atoms with Crippen LogP contribution in [-0.4, -0.2) is 33.0 Å². The zero-order chi connectivity index (χ0) is 17.9. The van der Waals surface area contributed by atoms with Gasteiger partial charge in [0.2, 0.25) is 5.91 Å². The number of aromatic nitrogens is 3. The molecule has 134 valence electrons. The Morgan fingerprint density at radius 1 is 1.35 bits per heavy atom. The third-order valence-electron chi connectivity index (χ3n) is 4.09. The van der Waals surface area contributed by atoms with Gasteiger partial charge in [0, 0.05) is 24.7 Å². The lowest BCUT2D eigenvalue weighted by Gasteiger charge is -2.08. The van der Waals surface area contributed by atoms with Crippen molar-refractivity contribution in [1.82, 2.24) is 14.8 Å². The Hall–Kier alpha value is -2.74. The van der Waals surface area contributed by atoms with Crippen LogP contribution < -0.4 is 10.1 Å². The van der Waals surface area contributed by atoms with Gasteiger partial charge in [-0.05, 0) is 30.7 Å². The van der Waals surface area contributed by atoms with E-state index < -0.39 is 0 Å². The fourth-order valence-electron chi connectivity index (χ4n) is 2.84. The van der Waals surface area contributed by atoms with E-state index in [-0.39, 0.29) is 11.7 Å². The summed E-state index contributed by atoms with van der Waals surface area (Å²) >= 11 is 1.35. The Balaban J connectivity index is 1.40. The zero-order valence-corrected chi connectivity index (χ0v) is 15.1. The molecule has 1 aliphatic heterocycles. The minimum absolute atomic E-state index is 0.0989. The topological polar surface area (TPSA) is 82.2 Å². The van der Waals surface area contributed by atoms with E-state index >= 15 is 0 Å². The summed E-state index contributed by atoms with van der Waals surface area (Å²) in [6.07, 6.45) is 2.52. The van der Waals surface area contributed by atoms with Crippen molar-refractivity contribution in [1.29, 1.82) is 0 Å². The molecule has 1 aliphatic rings. The summed E-state index contributed by atoms with van der Waals surface area (Å²) in [5.41, 5.74) is 1.92. The van der Waals surface area contributed by atoms with Gasteiger partial charge in [0.25, 0.3) is 0 Å². The maximum atomic E-state index is 12.3. The lowest BCUT2D eigenvalue weighted by molar-refractivity contribution is -0.113. The molecule has 0 bridgehead atoms. The summed E-state index contributed by atoms with van der Waals surface area (Å²) in [5.74, 6) is 2.32. The molecule has 0 unspecified atom stereocenters. The Morgan fingerprint density at radius 3 is 3.08 bits per heavy atom. The fraction of sp³-hybridized carbons (Fsp3) is 0.278. The summed E-state index contributed by atoms with van der Waals surface area (Å²) in [7, 11) is 0. The van der Waals surface area contributed by atoms with Crippen molar-refractivity contribution in [2.24, 2.45) is 0 Å². The standard InChI is InChI=1S/C18H18N4O3S/c1-2-22-17(14-4-3-8-24-14)20-21-18(22)26-11-16(23)19-13-6-5-12-7-9-25-15(12)10-13/h3-6,8,10H,2,7,9,11H2,1H3,(H,19,23). The number of carbonyl (C=O) groups excluding carboxylic acids is 1. The molecule has 1 N–H and O–H groups in total. The third kappa shape index (κ3) is 3.32. The number of carbonyl (C=O) groups is 1. The Kier molecular flexibility index (Phi) is 4.66. The number of benzene rings is 1. The maximum Gasteiger partial charge on any atom is 0.234 e. The molecule has 4 rings (SSSR count). The monoisotopic (exact) mass is 370 g/mol. The number of thioether (sulfide) groups is 1. The summed E-state index contributed by atoms with van der Waals surface area (Å²) in [6.45, 7) is 3.40. The molecule has 0 atom stereocenters. The van der Waals surface area contributed by atoms with Gasteiger partial charge in [-0.25, -0.2) is 0 Å². The van der Waals surface area contributed by atoms with Crippen molar-refractivity contribution in [3.63, 3.8) is 0 Å². The second kappa shape index (κ2) is 7.25. The highest BCUT2D eigenvalue weighted by atomic mass is 32.2. The fourth-order valence-corrected chi connectivity index (χ4v) is 3.64. The van der Waals surface area contributed by atoms with E-state index in [9.17, 15) is 4.79 Å². The highest BCUT2D eigenvalue weighted by molar-refractivity contribution is 7.99. The number of rotatable bonds is 6. The first-order valence-electron chi connectivity index (χ1n) is 8.40. The van der Waals surface area contributed by atoms with E-state index in [0.29, 0.717) is 29.9 Å². The minimum Gasteiger partial charge on any atom is -0.493 e. The van der Waals surface area contributed by atoms with Gasteiger partial charge >= 0.3 is 0 Å². The van der Waals surface area contributed by atoms with E-state index in [1.54, 1.807) is 6.26 Å². The van der Waals surface area contributed by atoms with Gasteiger partial charge in [-0.3, -0.25) is 9.36 Å². The van der Waals surface area contributed by atoms with Gasteiger partial charge in [-0.1, -0.05) is 17.8 Å². The molecule has 0 fully saturated rings. The van der Waals surface area contributed by atoms with Crippen molar-refractivity contribution in [3.8, 4) is 17.3 Å². The van der Waals surface area contributed by atoms with Crippen LogP contribution in [0.3, 0.4) is 0 Å². The van der Waals surface area contributed by atoms with E-state index in [2.05, 4.69) is 15.5 Å². The molecule has 0 saturated heterocycles. The van der Waals surface area contributed by atoms with Crippen LogP contribution in [0.15, 0.2) is 46.2 Å². The zero-order valence-electron chi connectivity index (χ0n) is 14.3. The molecular formula is C18H18N4O3S. The summed E-state index contributed by atoms with van der Waals surface area (Å²) in [5, 5.41) is 12.0. The van der Waals surface area contributed by atoms with Crippen LogP contribution in [0, 0.1) is 0 Å². The average molecular weight is 370 g/mol. The molecule has 8 heteroatoms. The number of amides is 1. The molecule has 26 heavy (non-hydrogen) atoms. The summed E-state index contributed by atoms with van der Waals surface area (Å²) in [4.78, 5) is 12.3. The van der Waals surface area contributed by atoms with Gasteiger partial charge in [-0.15, -0.1) is 10.2 Å². The first-order valence-corrected chi connectivity index (χ1v) is 9.38. The molecule has 3 aromatic rings. The molecule has 0 saturated carbocycles. The van der Waals surface area contributed by atoms with E-state index in [4.69, 9.17) is 9.15 Å². The maximum absolute atomic E-state index is 12.3.